The number of rotatable bonds is 3. The van der Waals surface area contributed by atoms with E-state index in [1.807, 2.05) is 0 Å². The molecule has 4 nitrogen and oxygen atoms in total. The van der Waals surface area contributed by atoms with Crippen LogP contribution in [0, 0.1) is 0 Å². The van der Waals surface area contributed by atoms with Gasteiger partial charge in [0.05, 0.1) is 7.11 Å². The van der Waals surface area contributed by atoms with Crippen molar-refractivity contribution in [3.63, 3.8) is 0 Å². The molecule has 2 N–H and O–H groups in total. The van der Waals surface area contributed by atoms with Crippen LogP contribution < -0.4 is 10.3 Å². The molecule has 0 fully saturated rings. The van der Waals surface area contributed by atoms with E-state index in [1.165, 1.54) is 7.11 Å². The highest BCUT2D eigenvalue weighted by Crippen LogP contribution is 1.65. The van der Waals surface area contributed by atoms with Crippen molar-refractivity contribution in [2.24, 2.45) is 0 Å². The van der Waals surface area contributed by atoms with Crippen LogP contribution in [0.5, 0.6) is 0 Å². The Morgan fingerprint density at radius 1 is 1.71 bits per heavy atom. The van der Waals surface area contributed by atoms with Gasteiger partial charge in [-0.05, 0) is 7.05 Å². The summed E-state index contributed by atoms with van der Waals surface area (Å²) in [7, 11) is 2.96. The van der Waals surface area contributed by atoms with Gasteiger partial charge in [-0.3, -0.25) is 4.18 Å². The molecular weight excluding hydrogens is 116 g/mol. The molecule has 0 aromatic rings. The minimum atomic E-state index is -1.39. The lowest BCUT2D eigenvalue weighted by atomic mass is 11.5. The average molecular weight is 124 g/mol. The summed E-state index contributed by atoms with van der Waals surface area (Å²) in [5.74, 6) is 0. The molecule has 0 heterocycles. The smallest absolute Gasteiger partial charge is 0.248 e. The first-order chi connectivity index (χ1) is 3.31. The van der Waals surface area contributed by atoms with Crippen LogP contribution in [0.2, 0.25) is 0 Å². The van der Waals surface area contributed by atoms with E-state index in [9.17, 15) is 4.21 Å². The van der Waals surface area contributed by atoms with Crippen LogP contribution in [-0.4, -0.2) is 18.4 Å². The van der Waals surface area contributed by atoms with E-state index in [1.54, 1.807) is 7.05 Å². The van der Waals surface area contributed by atoms with Gasteiger partial charge >= 0.3 is 0 Å². The molecule has 0 aromatic heterocycles. The SMILES string of the molecule is CNNS(=O)OC. The third-order valence-corrected chi connectivity index (χ3v) is 1.01. The Labute approximate surface area is 45.0 Å². The zero-order valence-electron chi connectivity index (χ0n) is 4.22. The Bertz CT molecular complexity index is 66.7. The monoisotopic (exact) mass is 124 g/mol. The quantitative estimate of drug-likeness (QED) is 0.471. The maximum atomic E-state index is 10.1. The summed E-state index contributed by atoms with van der Waals surface area (Å²) in [6.07, 6.45) is 0. The number of hydrogen-bond donors (Lipinski definition) is 2. The molecule has 44 valence electrons. The highest BCUT2D eigenvalue weighted by atomic mass is 32.2. The number of hydrogen-bond acceptors (Lipinski definition) is 3. The van der Waals surface area contributed by atoms with Gasteiger partial charge in [0.2, 0.25) is 11.3 Å². The van der Waals surface area contributed by atoms with Crippen LogP contribution in [0.4, 0.5) is 0 Å². The first-order valence-electron chi connectivity index (χ1n) is 1.70. The maximum absolute atomic E-state index is 10.1. The van der Waals surface area contributed by atoms with E-state index in [0.717, 1.165) is 0 Å². The highest BCUT2D eigenvalue weighted by molar-refractivity contribution is 7.78. The van der Waals surface area contributed by atoms with Crippen molar-refractivity contribution in [3.05, 3.63) is 0 Å². The van der Waals surface area contributed by atoms with Gasteiger partial charge < -0.3 is 0 Å². The summed E-state index contributed by atoms with van der Waals surface area (Å²) in [5, 5.41) is 0. The maximum Gasteiger partial charge on any atom is 0.248 e. The van der Waals surface area contributed by atoms with Gasteiger partial charge in [-0.15, -0.1) is 0 Å². The molecule has 0 radical (unpaired) electrons. The third kappa shape index (κ3) is 3.87. The molecule has 1 atom stereocenters. The standard InChI is InChI=1S/C2H8N2O2S/c1-3-4-7(5)6-2/h3-4H,1-2H3. The summed E-state index contributed by atoms with van der Waals surface area (Å²) in [5.41, 5.74) is 2.44. The van der Waals surface area contributed by atoms with Crippen LogP contribution in [0.15, 0.2) is 0 Å². The molecule has 0 rings (SSSR count). The van der Waals surface area contributed by atoms with Gasteiger partial charge in [0.25, 0.3) is 0 Å². The lowest BCUT2D eigenvalue weighted by molar-refractivity contribution is 0.431. The van der Waals surface area contributed by atoms with Gasteiger partial charge in [0.1, 0.15) is 0 Å². The van der Waals surface area contributed by atoms with Crippen molar-refractivity contribution >= 4 is 11.3 Å². The van der Waals surface area contributed by atoms with Gasteiger partial charge in [-0.1, -0.05) is 0 Å². The zero-order chi connectivity index (χ0) is 5.70. The lowest BCUT2D eigenvalue weighted by Gasteiger charge is -1.95. The molecule has 0 spiro atoms. The summed E-state index contributed by atoms with van der Waals surface area (Å²) in [4.78, 5) is 2.30. The molecule has 0 amide bonds. The fourth-order valence-corrected chi connectivity index (χ4v) is 0.375. The predicted octanol–water partition coefficient (Wildman–Crippen LogP) is -1.06. The van der Waals surface area contributed by atoms with Gasteiger partial charge in [-0.25, -0.2) is 9.63 Å². The fourth-order valence-electron chi connectivity index (χ4n) is 0.125. The molecule has 0 bridgehead atoms. The van der Waals surface area contributed by atoms with Crippen molar-refractivity contribution in [1.29, 1.82) is 0 Å². The van der Waals surface area contributed by atoms with Crippen molar-refractivity contribution < 1.29 is 8.39 Å². The highest BCUT2D eigenvalue weighted by Gasteiger charge is 1.86. The summed E-state index contributed by atoms with van der Waals surface area (Å²) >= 11 is -1.39. The Morgan fingerprint density at radius 3 is 2.43 bits per heavy atom. The van der Waals surface area contributed by atoms with Crippen molar-refractivity contribution in [2.45, 2.75) is 0 Å². The molecule has 1 unspecified atom stereocenters. The number of nitrogens with one attached hydrogen (secondary N) is 2. The molecule has 0 saturated carbocycles. The van der Waals surface area contributed by atoms with Crippen LogP contribution in [0.25, 0.3) is 0 Å². The molecule has 0 aliphatic heterocycles. The van der Waals surface area contributed by atoms with Crippen LogP contribution in [0.3, 0.4) is 0 Å². The van der Waals surface area contributed by atoms with Crippen LogP contribution in [0.1, 0.15) is 0 Å². The Morgan fingerprint density at radius 2 is 2.29 bits per heavy atom. The molecule has 0 saturated heterocycles. The second-order valence-electron chi connectivity index (χ2n) is 0.753. The largest absolute Gasteiger partial charge is 0.281 e. The molecule has 0 aliphatic carbocycles. The second kappa shape index (κ2) is 4.20. The topological polar surface area (TPSA) is 50.4 Å². The fraction of sp³-hybridized carbons (Fsp3) is 1.00. The summed E-state index contributed by atoms with van der Waals surface area (Å²) in [6, 6.07) is 0. The molecule has 0 aromatic carbocycles. The minimum Gasteiger partial charge on any atom is -0.281 e. The minimum absolute atomic E-state index is 1.35. The van der Waals surface area contributed by atoms with Crippen molar-refractivity contribution in [2.75, 3.05) is 14.2 Å². The lowest BCUT2D eigenvalue weighted by Crippen LogP contribution is -2.29. The molecule has 7 heavy (non-hydrogen) atoms. The Hall–Kier alpha value is 0.0300. The zero-order valence-corrected chi connectivity index (χ0v) is 5.04. The predicted molar refractivity (Wildman–Crippen MR) is 27.3 cm³/mol. The van der Waals surface area contributed by atoms with Gasteiger partial charge in [0, 0.05) is 0 Å². The van der Waals surface area contributed by atoms with E-state index in [4.69, 9.17) is 0 Å². The summed E-state index contributed by atoms with van der Waals surface area (Å²) < 4.78 is 14.4. The first-order valence-corrected chi connectivity index (χ1v) is 2.77. The number of hydrazine groups is 1. The molecular formula is C2H8N2O2S. The Kier molecular flexibility index (Phi) is 4.21. The van der Waals surface area contributed by atoms with Crippen molar-refractivity contribution in [1.82, 2.24) is 10.3 Å². The van der Waals surface area contributed by atoms with Gasteiger partial charge in [0.15, 0.2) is 0 Å². The normalized spacial score (nSPS) is 14.0. The van der Waals surface area contributed by atoms with E-state index < -0.39 is 11.3 Å². The van der Waals surface area contributed by atoms with Gasteiger partial charge in [-0.2, -0.15) is 4.83 Å². The first kappa shape index (κ1) is 7.03. The van der Waals surface area contributed by atoms with E-state index in [2.05, 4.69) is 14.4 Å². The molecule has 5 heteroatoms. The second-order valence-corrected chi connectivity index (χ2v) is 1.76. The van der Waals surface area contributed by atoms with Crippen LogP contribution >= 0.6 is 0 Å². The van der Waals surface area contributed by atoms with Crippen LogP contribution in [-0.2, 0) is 15.4 Å². The van der Waals surface area contributed by atoms with Crippen molar-refractivity contribution in [3.8, 4) is 0 Å². The van der Waals surface area contributed by atoms with E-state index >= 15 is 0 Å². The van der Waals surface area contributed by atoms with E-state index in [-0.39, 0.29) is 0 Å². The molecule has 0 aliphatic rings. The average Bonchev–Trinajstić information content (AvgIpc) is 1.68. The van der Waals surface area contributed by atoms with E-state index in [0.29, 0.717) is 0 Å². The third-order valence-electron chi connectivity index (χ3n) is 0.337. The summed E-state index contributed by atoms with van der Waals surface area (Å²) in [6.45, 7) is 0. The Balaban J connectivity index is 3.00.